The molecular formula is C73H99F11N12O14. The number of likely N-dealkylation sites (N-methyl/N-ethyl adjacent to an activating group) is 7. The van der Waals surface area contributed by atoms with Crippen LogP contribution in [0.4, 0.5) is 48.3 Å². The Morgan fingerprint density at radius 1 is 0.636 bits per heavy atom. The van der Waals surface area contributed by atoms with E-state index in [1.807, 2.05) is 0 Å². The van der Waals surface area contributed by atoms with E-state index in [1.165, 1.54) is 25.9 Å². The molecule has 0 unspecified atom stereocenters. The molecule has 3 heterocycles. The van der Waals surface area contributed by atoms with Gasteiger partial charge in [-0.3, -0.25) is 57.5 Å². The number of amides is 12. The highest BCUT2D eigenvalue weighted by atomic mass is 19.4. The number of nitrogens with one attached hydrogen (secondary N) is 3. The number of rotatable bonds is 12. The monoisotopic (exact) mass is 1580 g/mol. The second-order valence-corrected chi connectivity index (χ2v) is 29.3. The molecule has 2 aromatic rings. The fourth-order valence-corrected chi connectivity index (χ4v) is 15.0. The van der Waals surface area contributed by atoms with Crippen molar-refractivity contribution < 1.29 is 115 Å². The summed E-state index contributed by atoms with van der Waals surface area (Å²) < 4.78 is 169. The molecule has 3 aliphatic heterocycles. The van der Waals surface area contributed by atoms with Crippen LogP contribution in [0, 0.1) is 23.5 Å². The molecule has 9 atom stereocenters. The molecule has 0 aromatic heterocycles. The Hall–Kier alpha value is -8.77. The number of morpholine rings is 1. The van der Waals surface area contributed by atoms with Crippen molar-refractivity contribution in [3.05, 3.63) is 70.3 Å². The SMILES string of the molecule is CCO[C@@H]1C[C@H]2C(=O)NC3(CCCC3)C(=O)N(C)[C@@H](C3CCCCC3)C(=O)N(C)[C@H](C(=O)N3CCOCC3)CC(=O)N(C)[C@@H](CC(F)(F)F)C(=O)N[C@@H]([C@@H](C)CC)C(=O)N(C)CC(=O)N(C)CC(=O)N(C)[C@@H](Cc3ccc(C(F)(F)F)cc3)C(=O)N(C)CC(=O)N[C@@H](CCc3cc(F)c(C(F)(F)F)c(F)c3)C(=O)N2C1. The molecule has 0 bridgehead atoms. The van der Waals surface area contributed by atoms with Crippen LogP contribution in [0.3, 0.4) is 0 Å². The third-order valence-corrected chi connectivity index (χ3v) is 21.6. The summed E-state index contributed by atoms with van der Waals surface area (Å²) in [5.41, 5.74) is -5.57. The summed E-state index contributed by atoms with van der Waals surface area (Å²) >= 11 is 0. The van der Waals surface area contributed by atoms with E-state index in [0.29, 0.717) is 67.7 Å². The van der Waals surface area contributed by atoms with Gasteiger partial charge in [-0.2, -0.15) is 39.5 Å². The molecule has 2 aromatic carbocycles. The summed E-state index contributed by atoms with van der Waals surface area (Å²) in [6, 6.07) is -8.48. The zero-order chi connectivity index (χ0) is 81.8. The van der Waals surface area contributed by atoms with E-state index in [0.717, 1.165) is 88.1 Å². The number of ether oxygens (including phenoxy) is 2. The van der Waals surface area contributed by atoms with Crippen molar-refractivity contribution in [3.8, 4) is 0 Å². The lowest BCUT2D eigenvalue weighted by Gasteiger charge is -2.43. The molecule has 5 fully saturated rings. The Morgan fingerprint density at radius 3 is 1.78 bits per heavy atom. The van der Waals surface area contributed by atoms with Crippen molar-refractivity contribution in [3.63, 3.8) is 0 Å². The summed E-state index contributed by atoms with van der Waals surface area (Å²) in [5, 5.41) is 7.71. The number of aryl methyl sites for hydroxylation is 1. The molecule has 612 valence electrons. The fourth-order valence-electron chi connectivity index (χ4n) is 15.0. The molecular weight excluding hydrogens is 1480 g/mol. The van der Waals surface area contributed by atoms with Gasteiger partial charge in [-0.1, -0.05) is 64.5 Å². The maximum atomic E-state index is 15.8. The van der Waals surface area contributed by atoms with Gasteiger partial charge < -0.3 is 69.5 Å². The first-order valence-corrected chi connectivity index (χ1v) is 36.7. The van der Waals surface area contributed by atoms with Gasteiger partial charge in [0, 0.05) is 88.4 Å². The van der Waals surface area contributed by atoms with E-state index < -0.39 is 242 Å². The first-order chi connectivity index (χ1) is 51.4. The van der Waals surface area contributed by atoms with Crippen molar-refractivity contribution in [2.75, 3.05) is 108 Å². The van der Waals surface area contributed by atoms with Crippen LogP contribution in [0.25, 0.3) is 0 Å². The minimum absolute atomic E-state index is 0.00828. The van der Waals surface area contributed by atoms with Crippen LogP contribution in [-0.2, 0) is 92.2 Å². The maximum Gasteiger partial charge on any atom is 0.422 e. The van der Waals surface area contributed by atoms with E-state index >= 15 is 28.0 Å². The van der Waals surface area contributed by atoms with Crippen molar-refractivity contribution in [2.45, 2.75) is 196 Å². The second-order valence-electron chi connectivity index (χ2n) is 29.3. The number of benzene rings is 2. The fraction of sp³-hybridized carbons (Fsp3) is 0.671. The van der Waals surface area contributed by atoms with Gasteiger partial charge in [-0.15, -0.1) is 0 Å². The molecule has 1 spiro atoms. The lowest BCUT2D eigenvalue weighted by Crippen LogP contribution is -2.65. The van der Waals surface area contributed by atoms with Gasteiger partial charge in [0.2, 0.25) is 70.9 Å². The minimum atomic E-state index is -5.49. The first-order valence-electron chi connectivity index (χ1n) is 36.7. The van der Waals surface area contributed by atoms with Crippen molar-refractivity contribution in [1.82, 2.24) is 60.0 Å². The predicted molar refractivity (Wildman–Crippen MR) is 371 cm³/mol. The summed E-state index contributed by atoms with van der Waals surface area (Å²) in [4.78, 5) is 187. The Bertz CT molecular complexity index is 3640. The van der Waals surface area contributed by atoms with E-state index in [4.69, 9.17) is 9.47 Å². The lowest BCUT2D eigenvalue weighted by atomic mass is 9.81. The van der Waals surface area contributed by atoms with Gasteiger partial charge in [0.1, 0.15) is 65.0 Å². The predicted octanol–water partition coefficient (Wildman–Crippen LogP) is 5.11. The minimum Gasteiger partial charge on any atom is -0.378 e. The van der Waals surface area contributed by atoms with Gasteiger partial charge in [0.05, 0.1) is 57.4 Å². The zero-order valence-electron chi connectivity index (χ0n) is 63.3. The third kappa shape index (κ3) is 22.1. The number of carbonyl (C=O) groups excluding carboxylic acids is 12. The van der Waals surface area contributed by atoms with E-state index in [2.05, 4.69) is 16.0 Å². The van der Waals surface area contributed by atoms with Crippen molar-refractivity contribution in [1.29, 1.82) is 0 Å². The van der Waals surface area contributed by atoms with Gasteiger partial charge in [0.15, 0.2) is 0 Å². The first kappa shape index (κ1) is 88.4. The third-order valence-electron chi connectivity index (χ3n) is 21.6. The lowest BCUT2D eigenvalue weighted by molar-refractivity contribution is -0.164. The normalized spacial score (nSPS) is 25.5. The van der Waals surface area contributed by atoms with Crippen LogP contribution in [-0.4, -0.2) is 284 Å². The molecule has 2 aliphatic carbocycles. The number of hydrogen-bond acceptors (Lipinski definition) is 14. The second kappa shape index (κ2) is 37.5. The smallest absolute Gasteiger partial charge is 0.378 e. The summed E-state index contributed by atoms with van der Waals surface area (Å²) in [6.45, 7) is 1.38. The van der Waals surface area contributed by atoms with Crippen molar-refractivity contribution >= 4 is 70.9 Å². The van der Waals surface area contributed by atoms with Crippen LogP contribution >= 0.6 is 0 Å². The Morgan fingerprint density at radius 2 is 1.22 bits per heavy atom. The number of nitrogens with zero attached hydrogens (tertiary/aromatic N) is 9. The highest BCUT2D eigenvalue weighted by Crippen LogP contribution is 2.39. The van der Waals surface area contributed by atoms with Gasteiger partial charge in [0.25, 0.3) is 0 Å². The molecule has 37 heteroatoms. The molecule has 12 amide bonds. The van der Waals surface area contributed by atoms with Crippen LogP contribution in [0.2, 0.25) is 0 Å². The largest absolute Gasteiger partial charge is 0.422 e. The molecule has 3 saturated heterocycles. The van der Waals surface area contributed by atoms with Gasteiger partial charge in [-0.05, 0) is 92.7 Å². The number of fused-ring (bicyclic) bond motifs is 1. The standard InChI is InChI=1S/C73H99F11N12O14/c1-11-42(3)60-67(106)90(6)40-57(99)88(4)41-58(100)91(7)52(34-43-20-23-46(24-21-43)72(79,80)81)65(104)89(5)39-55(97)85-50(25-22-44-32-48(74)59(49(75)33-44)73(82,83)84)64(103)96-38-47(110-12-2)35-51(96)63(102)87-70(26-16-17-27-70)69(108)94(10)61(45-18-14-13-15-19-45)68(107)93(9)53(66(105)95-28-30-109-31-29-95)36-56(98)92(8)54(62(101)86-60)37-71(76,77)78/h20-21,23-24,32-33,42,45,47,50-54,60-61H,11-19,22,25-31,34-41H2,1-10H3,(H,85,97)(H,86,101)(H,87,102)/t42-,47+,50-,51-,52-,53-,54-,60-,61-/m0/s1. The van der Waals surface area contributed by atoms with Crippen LogP contribution in [0.1, 0.15) is 133 Å². The van der Waals surface area contributed by atoms with E-state index in [-0.39, 0.29) is 64.2 Å². The van der Waals surface area contributed by atoms with Crippen molar-refractivity contribution in [2.24, 2.45) is 11.8 Å². The number of carbonyl (C=O) groups is 12. The average Bonchev–Trinajstić information content (AvgIpc) is 1.52. The number of alkyl halides is 9. The number of halogens is 11. The van der Waals surface area contributed by atoms with E-state index in [9.17, 15) is 77.9 Å². The summed E-state index contributed by atoms with van der Waals surface area (Å²) in [6.07, 6.45) is -18.5. The zero-order valence-corrected chi connectivity index (χ0v) is 63.3. The van der Waals surface area contributed by atoms with Gasteiger partial charge >= 0.3 is 18.5 Å². The maximum absolute atomic E-state index is 15.8. The Labute approximate surface area is 630 Å². The Kier molecular flexibility index (Phi) is 30.2. The highest BCUT2D eigenvalue weighted by molar-refractivity contribution is 6.01. The molecule has 5 aliphatic rings. The van der Waals surface area contributed by atoms with Crippen LogP contribution < -0.4 is 16.0 Å². The van der Waals surface area contributed by atoms with Crippen LogP contribution in [0.15, 0.2) is 36.4 Å². The quantitative estimate of drug-likeness (QED) is 0.233. The molecule has 26 nitrogen and oxygen atoms in total. The average molecular weight is 1580 g/mol. The molecule has 0 radical (unpaired) electrons. The highest BCUT2D eigenvalue weighted by Gasteiger charge is 2.53. The molecule has 7 rings (SSSR count). The van der Waals surface area contributed by atoms with E-state index in [1.54, 1.807) is 13.8 Å². The van der Waals surface area contributed by atoms with Gasteiger partial charge in [-0.25, -0.2) is 8.78 Å². The molecule has 2 saturated carbocycles. The summed E-state index contributed by atoms with van der Waals surface area (Å²) in [7, 11) is 7.73. The summed E-state index contributed by atoms with van der Waals surface area (Å²) in [5.74, 6) is -18.2. The van der Waals surface area contributed by atoms with Crippen LogP contribution in [0.5, 0.6) is 0 Å². The number of hydrogen-bond donors (Lipinski definition) is 3. The molecule has 3 N–H and O–H groups in total. The molecule has 110 heavy (non-hydrogen) atoms. The Balaban J connectivity index is 1.35. The topological polar surface area (TPSA) is 289 Å².